The Morgan fingerprint density at radius 1 is 1.22 bits per heavy atom. The fourth-order valence-electron chi connectivity index (χ4n) is 4.14. The van der Waals surface area contributed by atoms with Crippen molar-refractivity contribution >= 4 is 10.9 Å². The van der Waals surface area contributed by atoms with Crippen molar-refractivity contribution in [2.24, 2.45) is 0 Å². The summed E-state index contributed by atoms with van der Waals surface area (Å²) in [5.74, 6) is 0. The number of aromatic nitrogens is 1. The van der Waals surface area contributed by atoms with Crippen LogP contribution in [-0.4, -0.2) is 58.3 Å². The average molecular weight is 370 g/mol. The van der Waals surface area contributed by atoms with E-state index in [0.717, 1.165) is 39.1 Å². The van der Waals surface area contributed by atoms with E-state index in [4.69, 9.17) is 0 Å². The first-order valence-electron chi connectivity index (χ1n) is 10.3. The van der Waals surface area contributed by atoms with Gasteiger partial charge >= 0.3 is 0 Å². The van der Waals surface area contributed by atoms with Crippen LogP contribution in [0.25, 0.3) is 10.9 Å². The minimum atomic E-state index is 0.260. The van der Waals surface area contributed by atoms with Crippen LogP contribution in [0.3, 0.4) is 0 Å². The molecule has 3 rings (SSSR count). The van der Waals surface area contributed by atoms with Gasteiger partial charge < -0.3 is 9.67 Å². The highest BCUT2D eigenvalue weighted by Crippen LogP contribution is 2.26. The number of aliphatic hydroxyl groups excluding tert-OH is 1. The van der Waals surface area contributed by atoms with Crippen molar-refractivity contribution in [1.82, 2.24) is 14.4 Å². The molecular weight excluding hydrogens is 334 g/mol. The normalized spacial score (nSPS) is 19.1. The summed E-state index contributed by atoms with van der Waals surface area (Å²) in [7, 11) is 0. The first-order valence-corrected chi connectivity index (χ1v) is 10.3. The fourth-order valence-corrected chi connectivity index (χ4v) is 4.14. The number of benzene rings is 1. The Balaban J connectivity index is 1.75. The van der Waals surface area contributed by atoms with Gasteiger partial charge in [-0.15, -0.1) is 0 Å². The highest BCUT2D eigenvalue weighted by atomic mass is 16.3. The monoisotopic (exact) mass is 369 g/mol. The molecule has 2 heterocycles. The Bertz CT molecular complexity index is 773. The third kappa shape index (κ3) is 4.81. The molecule has 1 aromatic carbocycles. The lowest BCUT2D eigenvalue weighted by Gasteiger charge is -2.41. The molecule has 0 radical (unpaired) electrons. The molecule has 27 heavy (non-hydrogen) atoms. The second kappa shape index (κ2) is 9.05. The van der Waals surface area contributed by atoms with Gasteiger partial charge in [0, 0.05) is 68.5 Å². The maximum Gasteiger partial charge on any atom is 0.0486 e. The summed E-state index contributed by atoms with van der Waals surface area (Å²) in [4.78, 5) is 5.09. The Morgan fingerprint density at radius 2 is 2.00 bits per heavy atom. The third-order valence-electron chi connectivity index (χ3n) is 5.66. The quantitative estimate of drug-likeness (QED) is 0.747. The Morgan fingerprint density at radius 3 is 2.70 bits per heavy atom. The van der Waals surface area contributed by atoms with E-state index in [9.17, 15) is 5.11 Å². The van der Waals surface area contributed by atoms with E-state index in [1.165, 1.54) is 22.0 Å². The number of para-hydroxylation sites is 1. The van der Waals surface area contributed by atoms with Gasteiger partial charge in [-0.25, -0.2) is 0 Å². The predicted molar refractivity (Wildman–Crippen MR) is 114 cm³/mol. The molecule has 4 nitrogen and oxygen atoms in total. The first-order chi connectivity index (χ1) is 13.0. The molecule has 0 spiro atoms. The molecule has 4 heteroatoms. The molecular formula is C23H35N3O. The molecule has 2 aromatic rings. The summed E-state index contributed by atoms with van der Waals surface area (Å²) in [5, 5.41) is 10.9. The summed E-state index contributed by atoms with van der Waals surface area (Å²) in [6.45, 7) is 14.2. The van der Waals surface area contributed by atoms with Gasteiger partial charge in [0.1, 0.15) is 0 Å². The Labute approximate surface area is 164 Å². The smallest absolute Gasteiger partial charge is 0.0486 e. The summed E-state index contributed by atoms with van der Waals surface area (Å²) < 4.78 is 2.39. The van der Waals surface area contributed by atoms with E-state index in [1.54, 1.807) is 0 Å². The number of aliphatic hydroxyl groups is 1. The number of nitrogens with zero attached hydrogens (tertiary/aromatic N) is 3. The molecule has 1 aliphatic rings. The van der Waals surface area contributed by atoms with Crippen LogP contribution < -0.4 is 0 Å². The molecule has 0 amide bonds. The number of allylic oxidation sites excluding steroid dienone is 1. The molecule has 1 atom stereocenters. The average Bonchev–Trinajstić information content (AvgIpc) is 3.00. The van der Waals surface area contributed by atoms with Crippen molar-refractivity contribution in [1.29, 1.82) is 0 Å². The SMILES string of the molecule is CC(C)=CCN1CCN(Cc2cn(C(C)C)c3ccccc23)C[C@@H]1CCO. The molecule has 0 aliphatic carbocycles. The van der Waals surface area contributed by atoms with Crippen molar-refractivity contribution < 1.29 is 5.11 Å². The summed E-state index contributed by atoms with van der Waals surface area (Å²) in [5.41, 5.74) is 4.11. The minimum absolute atomic E-state index is 0.260. The first kappa shape index (κ1) is 20.1. The second-order valence-corrected chi connectivity index (χ2v) is 8.35. The standard InChI is InChI=1S/C23H35N3O/c1-18(2)9-11-25-13-12-24(17-21(25)10-14-27)15-20-16-26(19(3)4)23-8-6-5-7-22(20)23/h5-9,16,19,21,27H,10-15,17H2,1-4H3/t21-/m0/s1. The van der Waals surface area contributed by atoms with Gasteiger partial charge in [-0.1, -0.05) is 29.8 Å². The van der Waals surface area contributed by atoms with E-state index >= 15 is 0 Å². The predicted octanol–water partition coefficient (Wildman–Crippen LogP) is 4.06. The maximum absolute atomic E-state index is 9.53. The summed E-state index contributed by atoms with van der Waals surface area (Å²) in [6, 6.07) is 9.64. The third-order valence-corrected chi connectivity index (χ3v) is 5.66. The maximum atomic E-state index is 9.53. The van der Waals surface area contributed by atoms with Crippen LogP contribution in [-0.2, 0) is 6.54 Å². The van der Waals surface area contributed by atoms with E-state index in [1.807, 2.05) is 0 Å². The molecule has 0 saturated carbocycles. The van der Waals surface area contributed by atoms with Gasteiger partial charge in [0.05, 0.1) is 0 Å². The van der Waals surface area contributed by atoms with Gasteiger partial charge in [-0.2, -0.15) is 0 Å². The van der Waals surface area contributed by atoms with Gasteiger partial charge in [0.15, 0.2) is 0 Å². The number of piperazine rings is 1. The van der Waals surface area contributed by atoms with Crippen molar-refractivity contribution in [3.05, 3.63) is 47.7 Å². The van der Waals surface area contributed by atoms with Crippen LogP contribution in [0.15, 0.2) is 42.1 Å². The topological polar surface area (TPSA) is 31.6 Å². The molecule has 1 saturated heterocycles. The minimum Gasteiger partial charge on any atom is -0.396 e. The largest absolute Gasteiger partial charge is 0.396 e. The van der Waals surface area contributed by atoms with Crippen molar-refractivity contribution in [2.45, 2.75) is 52.7 Å². The van der Waals surface area contributed by atoms with Crippen molar-refractivity contribution in [3.8, 4) is 0 Å². The number of hydrogen-bond donors (Lipinski definition) is 1. The van der Waals surface area contributed by atoms with E-state index in [2.05, 4.69) is 78.6 Å². The van der Waals surface area contributed by atoms with E-state index < -0.39 is 0 Å². The van der Waals surface area contributed by atoms with Crippen LogP contribution in [0.5, 0.6) is 0 Å². The lowest BCUT2D eigenvalue weighted by Crippen LogP contribution is -2.53. The Kier molecular flexibility index (Phi) is 6.74. The van der Waals surface area contributed by atoms with Crippen molar-refractivity contribution in [2.75, 3.05) is 32.8 Å². The van der Waals surface area contributed by atoms with Gasteiger partial charge in [0.25, 0.3) is 0 Å². The van der Waals surface area contributed by atoms with E-state index in [0.29, 0.717) is 12.1 Å². The molecule has 1 aliphatic heterocycles. The molecule has 0 bridgehead atoms. The van der Waals surface area contributed by atoms with Gasteiger partial charge in [0.2, 0.25) is 0 Å². The van der Waals surface area contributed by atoms with Crippen LogP contribution in [0, 0.1) is 0 Å². The zero-order chi connectivity index (χ0) is 19.4. The fraction of sp³-hybridized carbons (Fsp3) is 0.565. The van der Waals surface area contributed by atoms with Gasteiger partial charge in [-0.3, -0.25) is 9.80 Å². The lowest BCUT2D eigenvalue weighted by atomic mass is 10.1. The second-order valence-electron chi connectivity index (χ2n) is 8.35. The highest BCUT2D eigenvalue weighted by Gasteiger charge is 2.26. The number of fused-ring (bicyclic) bond motifs is 1. The van der Waals surface area contributed by atoms with Crippen molar-refractivity contribution in [3.63, 3.8) is 0 Å². The van der Waals surface area contributed by atoms with Gasteiger partial charge in [-0.05, 0) is 45.7 Å². The Hall–Kier alpha value is -1.62. The number of hydrogen-bond acceptors (Lipinski definition) is 3. The van der Waals surface area contributed by atoms with Crippen LogP contribution in [0.4, 0.5) is 0 Å². The summed E-state index contributed by atoms with van der Waals surface area (Å²) in [6.07, 6.45) is 5.49. The zero-order valence-corrected chi connectivity index (χ0v) is 17.4. The highest BCUT2D eigenvalue weighted by molar-refractivity contribution is 5.84. The number of rotatable bonds is 7. The van der Waals surface area contributed by atoms with Crippen LogP contribution >= 0.6 is 0 Å². The van der Waals surface area contributed by atoms with Crippen LogP contribution in [0.2, 0.25) is 0 Å². The lowest BCUT2D eigenvalue weighted by molar-refractivity contribution is 0.0638. The molecule has 1 N–H and O–H groups in total. The van der Waals surface area contributed by atoms with E-state index in [-0.39, 0.29) is 6.61 Å². The molecule has 1 fully saturated rings. The molecule has 0 unspecified atom stereocenters. The molecule has 148 valence electrons. The molecule has 1 aromatic heterocycles. The van der Waals surface area contributed by atoms with Crippen LogP contribution in [0.1, 0.15) is 45.7 Å². The zero-order valence-electron chi connectivity index (χ0n) is 17.4. The summed E-state index contributed by atoms with van der Waals surface area (Å²) >= 11 is 0.